The Morgan fingerprint density at radius 2 is 1.89 bits per heavy atom. The van der Waals surface area contributed by atoms with Gasteiger partial charge >= 0.3 is 6.03 Å². The zero-order valence-electron chi connectivity index (χ0n) is 10.4. The van der Waals surface area contributed by atoms with Gasteiger partial charge in [0.15, 0.2) is 0 Å². The predicted molar refractivity (Wildman–Crippen MR) is 68.8 cm³/mol. The minimum absolute atomic E-state index is 0.0312. The van der Waals surface area contributed by atoms with Crippen LogP contribution in [0.15, 0.2) is 37.3 Å². The molecule has 1 aliphatic rings. The standard InChI is InChI=1S/C12H14N6O/c19-12(18-4-3-14-10-18)17-7-5-16(6-8-17)11-9-13-1-2-15-11/h1-4,9-10H,5-8H2. The molecule has 0 saturated carbocycles. The number of piperazine rings is 1. The molecule has 1 aliphatic heterocycles. The Kier molecular flexibility index (Phi) is 3.09. The summed E-state index contributed by atoms with van der Waals surface area (Å²) in [7, 11) is 0. The van der Waals surface area contributed by atoms with E-state index in [9.17, 15) is 4.79 Å². The number of carbonyl (C=O) groups is 1. The van der Waals surface area contributed by atoms with Gasteiger partial charge in [0.2, 0.25) is 0 Å². The van der Waals surface area contributed by atoms with Crippen LogP contribution in [-0.2, 0) is 0 Å². The van der Waals surface area contributed by atoms with E-state index < -0.39 is 0 Å². The van der Waals surface area contributed by atoms with Gasteiger partial charge in [0.25, 0.3) is 0 Å². The van der Waals surface area contributed by atoms with Gasteiger partial charge in [-0.05, 0) is 0 Å². The molecule has 0 radical (unpaired) electrons. The molecule has 1 saturated heterocycles. The van der Waals surface area contributed by atoms with Crippen molar-refractivity contribution >= 4 is 11.8 Å². The fourth-order valence-electron chi connectivity index (χ4n) is 2.12. The van der Waals surface area contributed by atoms with E-state index >= 15 is 0 Å². The number of rotatable bonds is 1. The molecule has 3 rings (SSSR count). The van der Waals surface area contributed by atoms with Crippen molar-refractivity contribution in [2.24, 2.45) is 0 Å². The van der Waals surface area contributed by atoms with Crippen LogP contribution < -0.4 is 4.90 Å². The molecule has 2 aromatic rings. The maximum Gasteiger partial charge on any atom is 0.329 e. The Hall–Kier alpha value is -2.44. The van der Waals surface area contributed by atoms with Crippen molar-refractivity contribution in [3.8, 4) is 0 Å². The van der Waals surface area contributed by atoms with Gasteiger partial charge in [-0.1, -0.05) is 0 Å². The summed E-state index contributed by atoms with van der Waals surface area (Å²) in [5, 5.41) is 0. The van der Waals surface area contributed by atoms with Crippen molar-refractivity contribution in [1.82, 2.24) is 24.4 Å². The third-order valence-electron chi connectivity index (χ3n) is 3.15. The maximum atomic E-state index is 12.1. The second kappa shape index (κ2) is 5.05. The molecule has 98 valence electrons. The van der Waals surface area contributed by atoms with Gasteiger partial charge in [-0.15, -0.1) is 0 Å². The molecule has 0 atom stereocenters. The van der Waals surface area contributed by atoms with Crippen molar-refractivity contribution in [3.05, 3.63) is 37.3 Å². The normalized spacial score (nSPS) is 15.6. The molecule has 0 bridgehead atoms. The third-order valence-corrected chi connectivity index (χ3v) is 3.15. The Morgan fingerprint density at radius 1 is 1.05 bits per heavy atom. The second-order valence-corrected chi connectivity index (χ2v) is 4.29. The first-order chi connectivity index (χ1) is 9.34. The van der Waals surface area contributed by atoms with E-state index in [1.165, 1.54) is 10.9 Å². The van der Waals surface area contributed by atoms with Crippen LogP contribution in [0.1, 0.15) is 0 Å². The highest BCUT2D eigenvalue weighted by atomic mass is 16.2. The molecule has 1 fully saturated rings. The number of amides is 1. The molecule has 2 aromatic heterocycles. The van der Waals surface area contributed by atoms with Crippen LogP contribution in [-0.4, -0.2) is 56.6 Å². The number of anilines is 1. The second-order valence-electron chi connectivity index (χ2n) is 4.29. The molecule has 19 heavy (non-hydrogen) atoms. The van der Waals surface area contributed by atoms with Crippen LogP contribution in [0.3, 0.4) is 0 Å². The number of carbonyl (C=O) groups excluding carboxylic acids is 1. The number of hydrogen-bond acceptors (Lipinski definition) is 5. The molecule has 7 nitrogen and oxygen atoms in total. The first-order valence-electron chi connectivity index (χ1n) is 6.13. The van der Waals surface area contributed by atoms with Crippen LogP contribution in [0.5, 0.6) is 0 Å². The van der Waals surface area contributed by atoms with Gasteiger partial charge in [0, 0.05) is 51.0 Å². The maximum absolute atomic E-state index is 12.1. The Labute approximate surface area is 110 Å². The smallest absolute Gasteiger partial charge is 0.329 e. The lowest BCUT2D eigenvalue weighted by Gasteiger charge is -2.34. The summed E-state index contributed by atoms with van der Waals surface area (Å²) in [4.78, 5) is 28.3. The van der Waals surface area contributed by atoms with E-state index in [1.54, 1.807) is 31.0 Å². The monoisotopic (exact) mass is 258 g/mol. The number of hydrogen-bond donors (Lipinski definition) is 0. The van der Waals surface area contributed by atoms with Crippen LogP contribution in [0.25, 0.3) is 0 Å². The van der Waals surface area contributed by atoms with Gasteiger partial charge in [-0.2, -0.15) is 0 Å². The molecular formula is C12H14N6O. The van der Waals surface area contributed by atoms with Crippen LogP contribution in [0, 0.1) is 0 Å². The number of aromatic nitrogens is 4. The summed E-state index contributed by atoms with van der Waals surface area (Å²) in [6.07, 6.45) is 9.87. The van der Waals surface area contributed by atoms with Gasteiger partial charge in [-0.25, -0.2) is 14.8 Å². The van der Waals surface area contributed by atoms with Gasteiger partial charge in [-0.3, -0.25) is 9.55 Å². The lowest BCUT2D eigenvalue weighted by molar-refractivity contribution is 0.196. The first-order valence-corrected chi connectivity index (χ1v) is 6.13. The largest absolute Gasteiger partial charge is 0.352 e. The summed E-state index contributed by atoms with van der Waals surface area (Å²) in [5.41, 5.74) is 0. The molecule has 0 N–H and O–H groups in total. The average molecular weight is 258 g/mol. The zero-order valence-corrected chi connectivity index (χ0v) is 10.4. The predicted octanol–water partition coefficient (Wildman–Crippen LogP) is 0.463. The minimum atomic E-state index is -0.0312. The van der Waals surface area contributed by atoms with E-state index in [2.05, 4.69) is 19.9 Å². The quantitative estimate of drug-likeness (QED) is 0.743. The summed E-state index contributed by atoms with van der Waals surface area (Å²) in [6.45, 7) is 2.87. The molecular weight excluding hydrogens is 244 g/mol. The van der Waals surface area contributed by atoms with E-state index in [0.717, 1.165) is 18.9 Å². The molecule has 3 heterocycles. The van der Waals surface area contributed by atoms with Gasteiger partial charge < -0.3 is 9.80 Å². The van der Waals surface area contributed by atoms with Crippen molar-refractivity contribution in [3.63, 3.8) is 0 Å². The Morgan fingerprint density at radius 3 is 2.53 bits per heavy atom. The van der Waals surface area contributed by atoms with E-state index in [0.29, 0.717) is 13.1 Å². The van der Waals surface area contributed by atoms with Crippen molar-refractivity contribution in [2.75, 3.05) is 31.1 Å². The Balaban J connectivity index is 1.62. The van der Waals surface area contributed by atoms with Crippen LogP contribution in [0.2, 0.25) is 0 Å². The van der Waals surface area contributed by atoms with Crippen LogP contribution in [0.4, 0.5) is 10.6 Å². The third kappa shape index (κ3) is 2.40. The molecule has 0 unspecified atom stereocenters. The van der Waals surface area contributed by atoms with Crippen molar-refractivity contribution < 1.29 is 4.79 Å². The van der Waals surface area contributed by atoms with Gasteiger partial charge in [0.05, 0.1) is 6.20 Å². The lowest BCUT2D eigenvalue weighted by Crippen LogP contribution is -2.50. The molecule has 7 heteroatoms. The fourth-order valence-corrected chi connectivity index (χ4v) is 2.12. The highest BCUT2D eigenvalue weighted by Gasteiger charge is 2.22. The number of nitrogens with zero attached hydrogens (tertiary/aromatic N) is 6. The first kappa shape index (κ1) is 11.6. The van der Waals surface area contributed by atoms with E-state index in [1.807, 2.05) is 4.90 Å². The minimum Gasteiger partial charge on any atom is -0.352 e. The molecule has 1 amide bonds. The average Bonchev–Trinajstić information content (AvgIpc) is 3.02. The highest BCUT2D eigenvalue weighted by Crippen LogP contribution is 2.12. The lowest BCUT2D eigenvalue weighted by atomic mass is 10.3. The Bertz CT molecular complexity index is 533. The van der Waals surface area contributed by atoms with Crippen molar-refractivity contribution in [2.45, 2.75) is 0 Å². The molecule has 0 aliphatic carbocycles. The van der Waals surface area contributed by atoms with Crippen LogP contribution >= 0.6 is 0 Å². The summed E-state index contributed by atoms with van der Waals surface area (Å²) in [5.74, 6) is 0.859. The summed E-state index contributed by atoms with van der Waals surface area (Å²) in [6, 6.07) is -0.0312. The molecule has 0 aromatic carbocycles. The van der Waals surface area contributed by atoms with E-state index in [4.69, 9.17) is 0 Å². The summed E-state index contributed by atoms with van der Waals surface area (Å²) >= 11 is 0. The van der Waals surface area contributed by atoms with Crippen molar-refractivity contribution in [1.29, 1.82) is 0 Å². The zero-order chi connectivity index (χ0) is 13.1. The molecule has 0 spiro atoms. The SMILES string of the molecule is O=C(N1CCN(c2cnccn2)CC1)n1ccnc1. The van der Waals surface area contributed by atoms with Gasteiger partial charge in [0.1, 0.15) is 12.1 Å². The van der Waals surface area contributed by atoms with E-state index in [-0.39, 0.29) is 6.03 Å². The topological polar surface area (TPSA) is 67.2 Å². The summed E-state index contributed by atoms with van der Waals surface area (Å²) < 4.78 is 1.50. The number of imidazole rings is 1. The fraction of sp³-hybridized carbons (Fsp3) is 0.333. The highest BCUT2D eigenvalue weighted by molar-refractivity contribution is 5.76.